The summed E-state index contributed by atoms with van der Waals surface area (Å²) >= 11 is 3.36. The van der Waals surface area contributed by atoms with Gasteiger partial charge in [-0.25, -0.2) is 9.97 Å². The Kier molecular flexibility index (Phi) is 3.68. The summed E-state index contributed by atoms with van der Waals surface area (Å²) in [5.74, 6) is 0.738. The average molecular weight is 289 g/mol. The van der Waals surface area contributed by atoms with E-state index in [4.69, 9.17) is 5.26 Å². The quantitative estimate of drug-likeness (QED) is 0.943. The molecule has 1 N–H and O–H groups in total. The molecule has 2 rings (SSSR count). The third-order valence-corrected chi connectivity index (χ3v) is 2.76. The van der Waals surface area contributed by atoms with Crippen LogP contribution in [0.3, 0.4) is 0 Å². The molecule has 2 aromatic rings. The fourth-order valence-electron chi connectivity index (χ4n) is 1.38. The lowest BCUT2D eigenvalue weighted by molar-refractivity contribution is 1.07. The monoisotopic (exact) mass is 288 g/mol. The Labute approximate surface area is 107 Å². The fraction of sp³-hybridized carbons (Fsp3) is 0.0833. The summed E-state index contributed by atoms with van der Waals surface area (Å²) in [5.41, 5.74) is 1.70. The zero-order valence-corrected chi connectivity index (χ0v) is 10.5. The lowest BCUT2D eigenvalue weighted by Crippen LogP contribution is -2.02. The second-order valence-corrected chi connectivity index (χ2v) is 4.24. The molecule has 4 nitrogen and oxygen atoms in total. The van der Waals surface area contributed by atoms with Gasteiger partial charge in [0.2, 0.25) is 0 Å². The number of rotatable bonds is 3. The first kappa shape index (κ1) is 11.6. The minimum Gasteiger partial charge on any atom is -0.365 e. The number of halogens is 1. The molecule has 0 bridgehead atoms. The van der Waals surface area contributed by atoms with Crippen LogP contribution >= 0.6 is 15.9 Å². The van der Waals surface area contributed by atoms with E-state index in [0.29, 0.717) is 12.1 Å². The highest BCUT2D eigenvalue weighted by Gasteiger charge is 2.00. The van der Waals surface area contributed by atoms with Crippen LogP contribution in [0.15, 0.2) is 41.3 Å². The summed E-state index contributed by atoms with van der Waals surface area (Å²) in [6.45, 7) is 0.616. The smallest absolute Gasteiger partial charge is 0.144 e. The maximum Gasteiger partial charge on any atom is 0.144 e. The average Bonchev–Trinajstić information content (AvgIpc) is 2.38. The van der Waals surface area contributed by atoms with E-state index < -0.39 is 0 Å². The van der Waals surface area contributed by atoms with Crippen LogP contribution in [0, 0.1) is 11.3 Å². The van der Waals surface area contributed by atoms with Gasteiger partial charge in [0.25, 0.3) is 0 Å². The Morgan fingerprint density at radius 1 is 1.41 bits per heavy atom. The van der Waals surface area contributed by atoms with E-state index >= 15 is 0 Å². The van der Waals surface area contributed by atoms with Gasteiger partial charge in [-0.15, -0.1) is 0 Å². The van der Waals surface area contributed by atoms with Crippen molar-refractivity contribution in [1.82, 2.24) is 9.97 Å². The highest BCUT2D eigenvalue weighted by Crippen LogP contribution is 2.17. The van der Waals surface area contributed by atoms with Crippen molar-refractivity contribution < 1.29 is 0 Å². The molecule has 1 heterocycles. The molecule has 0 saturated heterocycles. The maximum absolute atomic E-state index is 8.79. The van der Waals surface area contributed by atoms with Crippen molar-refractivity contribution in [3.05, 3.63) is 52.4 Å². The van der Waals surface area contributed by atoms with Crippen LogP contribution in [-0.4, -0.2) is 9.97 Å². The van der Waals surface area contributed by atoms with Gasteiger partial charge in [0.05, 0.1) is 16.1 Å². The number of aromatic nitrogens is 2. The second-order valence-electron chi connectivity index (χ2n) is 3.39. The molecule has 0 aliphatic heterocycles. The van der Waals surface area contributed by atoms with Crippen LogP contribution in [-0.2, 0) is 6.54 Å². The molecule has 1 aromatic carbocycles. The van der Waals surface area contributed by atoms with Crippen molar-refractivity contribution in [1.29, 1.82) is 5.26 Å². The fourth-order valence-corrected chi connectivity index (χ4v) is 1.74. The minimum atomic E-state index is 0.616. The lowest BCUT2D eigenvalue weighted by Gasteiger charge is -2.06. The predicted molar refractivity (Wildman–Crippen MR) is 68.2 cm³/mol. The van der Waals surface area contributed by atoms with Crippen LogP contribution in [0.2, 0.25) is 0 Å². The van der Waals surface area contributed by atoms with E-state index in [9.17, 15) is 0 Å². The van der Waals surface area contributed by atoms with E-state index in [1.807, 2.05) is 18.2 Å². The first-order valence-electron chi connectivity index (χ1n) is 4.98. The zero-order valence-electron chi connectivity index (χ0n) is 8.89. The van der Waals surface area contributed by atoms with Crippen molar-refractivity contribution in [2.75, 3.05) is 5.32 Å². The molecule has 0 radical (unpaired) electrons. The molecular formula is C12H9BrN4. The number of nitrogens with zero attached hydrogens (tertiary/aromatic N) is 3. The summed E-state index contributed by atoms with van der Waals surface area (Å²) in [4.78, 5) is 7.99. The summed E-state index contributed by atoms with van der Waals surface area (Å²) in [6, 6.07) is 9.57. The van der Waals surface area contributed by atoms with Crippen LogP contribution in [0.1, 0.15) is 11.1 Å². The molecule has 5 heteroatoms. The maximum atomic E-state index is 8.79. The molecule has 0 atom stereocenters. The van der Waals surface area contributed by atoms with Crippen LogP contribution in [0.5, 0.6) is 0 Å². The van der Waals surface area contributed by atoms with Crippen molar-refractivity contribution in [2.24, 2.45) is 0 Å². The highest BCUT2D eigenvalue weighted by atomic mass is 79.9. The van der Waals surface area contributed by atoms with E-state index in [0.717, 1.165) is 15.9 Å². The van der Waals surface area contributed by atoms with Crippen LogP contribution in [0.25, 0.3) is 0 Å². The second kappa shape index (κ2) is 5.41. The molecular weight excluding hydrogens is 280 g/mol. The van der Waals surface area contributed by atoms with Gasteiger partial charge in [-0.05, 0) is 33.6 Å². The van der Waals surface area contributed by atoms with Crippen molar-refractivity contribution >= 4 is 21.7 Å². The standard InChI is InChI=1S/C12H9BrN4/c13-11-7-15-8-17-12(11)16-6-10-3-1-2-9(4-10)5-14/h1-4,7-8H,6H2,(H,15,16,17). The minimum absolute atomic E-state index is 0.616. The molecule has 0 amide bonds. The van der Waals surface area contributed by atoms with Crippen LogP contribution in [0.4, 0.5) is 5.82 Å². The first-order chi connectivity index (χ1) is 8.29. The third kappa shape index (κ3) is 3.02. The number of benzene rings is 1. The van der Waals surface area contributed by atoms with Gasteiger partial charge in [-0.1, -0.05) is 12.1 Å². The lowest BCUT2D eigenvalue weighted by atomic mass is 10.1. The van der Waals surface area contributed by atoms with E-state index in [1.54, 1.807) is 12.3 Å². The Hall–Kier alpha value is -1.93. The van der Waals surface area contributed by atoms with Crippen molar-refractivity contribution in [3.63, 3.8) is 0 Å². The summed E-state index contributed by atoms with van der Waals surface area (Å²) in [5, 5.41) is 12.0. The van der Waals surface area contributed by atoms with E-state index in [1.165, 1.54) is 6.33 Å². The number of anilines is 1. The van der Waals surface area contributed by atoms with Gasteiger partial charge in [0.1, 0.15) is 12.1 Å². The Balaban J connectivity index is 2.08. The number of hydrogen-bond acceptors (Lipinski definition) is 4. The van der Waals surface area contributed by atoms with Gasteiger partial charge in [0.15, 0.2) is 0 Å². The van der Waals surface area contributed by atoms with Gasteiger partial charge in [0, 0.05) is 12.7 Å². The van der Waals surface area contributed by atoms with Crippen molar-refractivity contribution in [3.8, 4) is 6.07 Å². The normalized spacial score (nSPS) is 9.65. The molecule has 0 unspecified atom stereocenters. The van der Waals surface area contributed by atoms with Crippen molar-refractivity contribution in [2.45, 2.75) is 6.54 Å². The van der Waals surface area contributed by atoms with Gasteiger partial charge < -0.3 is 5.32 Å². The summed E-state index contributed by atoms with van der Waals surface area (Å²) in [6.07, 6.45) is 3.17. The topological polar surface area (TPSA) is 61.6 Å². The number of hydrogen-bond donors (Lipinski definition) is 1. The number of nitriles is 1. The molecule has 1 aromatic heterocycles. The Morgan fingerprint density at radius 2 is 2.29 bits per heavy atom. The third-order valence-electron chi connectivity index (χ3n) is 2.18. The summed E-state index contributed by atoms with van der Waals surface area (Å²) in [7, 11) is 0. The summed E-state index contributed by atoms with van der Waals surface area (Å²) < 4.78 is 0.816. The molecule has 0 aliphatic rings. The first-order valence-corrected chi connectivity index (χ1v) is 5.77. The molecule has 0 fully saturated rings. The Bertz CT molecular complexity index is 562. The van der Waals surface area contributed by atoms with Gasteiger partial charge in [-0.3, -0.25) is 0 Å². The highest BCUT2D eigenvalue weighted by molar-refractivity contribution is 9.10. The van der Waals surface area contributed by atoms with Gasteiger partial charge in [-0.2, -0.15) is 5.26 Å². The van der Waals surface area contributed by atoms with Gasteiger partial charge >= 0.3 is 0 Å². The zero-order chi connectivity index (χ0) is 12.1. The van der Waals surface area contributed by atoms with E-state index in [2.05, 4.69) is 37.3 Å². The van der Waals surface area contributed by atoms with Crippen LogP contribution < -0.4 is 5.32 Å². The van der Waals surface area contributed by atoms with E-state index in [-0.39, 0.29) is 0 Å². The molecule has 84 valence electrons. The number of nitrogens with one attached hydrogen (secondary N) is 1. The largest absolute Gasteiger partial charge is 0.365 e. The molecule has 17 heavy (non-hydrogen) atoms. The molecule has 0 spiro atoms. The predicted octanol–water partition coefficient (Wildman–Crippen LogP) is 2.72. The molecule has 0 saturated carbocycles. The Morgan fingerprint density at radius 3 is 3.06 bits per heavy atom. The molecule has 0 aliphatic carbocycles. The SMILES string of the molecule is N#Cc1cccc(CNc2ncncc2Br)c1.